The third-order valence-electron chi connectivity index (χ3n) is 6.02. The summed E-state index contributed by atoms with van der Waals surface area (Å²) in [7, 11) is 0. The molecular weight excluding hydrogens is 545 g/mol. The quantitative estimate of drug-likeness (QED) is 0.164. The second-order valence-electron chi connectivity index (χ2n) is 9.06. The van der Waals surface area contributed by atoms with Crippen molar-refractivity contribution < 1.29 is 4.79 Å². The van der Waals surface area contributed by atoms with Gasteiger partial charge in [0.05, 0.1) is 21.7 Å². The number of anilines is 3. The lowest BCUT2D eigenvalue weighted by Crippen LogP contribution is -2.25. The van der Waals surface area contributed by atoms with Gasteiger partial charge in [-0.05, 0) is 69.3 Å². The predicted octanol–water partition coefficient (Wildman–Crippen LogP) is 7.48. The van der Waals surface area contributed by atoms with E-state index in [1.807, 2.05) is 60.7 Å². The van der Waals surface area contributed by atoms with E-state index in [9.17, 15) is 4.79 Å². The molecule has 0 fully saturated rings. The van der Waals surface area contributed by atoms with E-state index < -0.39 is 0 Å². The van der Waals surface area contributed by atoms with Crippen LogP contribution in [0.15, 0.2) is 88.4 Å². The van der Waals surface area contributed by atoms with E-state index in [2.05, 4.69) is 64.0 Å². The third-order valence-corrected chi connectivity index (χ3v) is 9.16. The molecule has 200 valence electrons. The smallest absolute Gasteiger partial charge is 0.234 e. The summed E-state index contributed by atoms with van der Waals surface area (Å²) in [6, 6.07) is 26.7. The summed E-state index contributed by atoms with van der Waals surface area (Å²) >= 11 is 4.75. The fraction of sp³-hybridized carbons (Fsp3) is 0.241. The Morgan fingerprint density at radius 2 is 1.67 bits per heavy atom. The van der Waals surface area contributed by atoms with Gasteiger partial charge in [0, 0.05) is 29.6 Å². The highest BCUT2D eigenvalue weighted by molar-refractivity contribution is 8.00. The molecule has 7 nitrogen and oxygen atoms in total. The molecule has 2 aromatic heterocycles. The molecule has 0 aliphatic rings. The van der Waals surface area contributed by atoms with Crippen molar-refractivity contribution >= 4 is 68.0 Å². The first kappa shape index (κ1) is 27.2. The van der Waals surface area contributed by atoms with Gasteiger partial charge in [-0.3, -0.25) is 4.79 Å². The van der Waals surface area contributed by atoms with E-state index in [1.165, 1.54) is 16.5 Å². The minimum Gasteiger partial charge on any atom is -0.339 e. The summed E-state index contributed by atoms with van der Waals surface area (Å²) in [5.74, 6) is 1.74. The molecule has 0 unspecified atom stereocenters. The molecule has 39 heavy (non-hydrogen) atoms. The van der Waals surface area contributed by atoms with Gasteiger partial charge in [-0.25, -0.2) is 4.98 Å². The van der Waals surface area contributed by atoms with E-state index in [4.69, 9.17) is 4.98 Å². The van der Waals surface area contributed by atoms with Crippen molar-refractivity contribution in [3.05, 3.63) is 84.7 Å². The van der Waals surface area contributed by atoms with Crippen LogP contribution in [-0.4, -0.2) is 37.5 Å². The molecule has 0 saturated heterocycles. The fourth-order valence-corrected chi connectivity index (χ4v) is 7.08. The molecular formula is C29H30N6OS3. The molecule has 0 aliphatic carbocycles. The minimum absolute atomic E-state index is 0.0763. The highest BCUT2D eigenvalue weighted by atomic mass is 32.2. The Hall–Kier alpha value is -3.34. The average molecular weight is 575 g/mol. The molecule has 0 aliphatic heterocycles. The van der Waals surface area contributed by atoms with E-state index in [0.29, 0.717) is 11.8 Å². The van der Waals surface area contributed by atoms with E-state index in [0.717, 1.165) is 44.4 Å². The highest BCUT2D eigenvalue weighted by Crippen LogP contribution is 2.32. The first-order valence-electron chi connectivity index (χ1n) is 12.8. The molecule has 5 rings (SSSR count). The van der Waals surface area contributed by atoms with Gasteiger partial charge in [0.2, 0.25) is 5.91 Å². The Kier molecular flexibility index (Phi) is 8.85. The van der Waals surface area contributed by atoms with Gasteiger partial charge in [-0.15, -0.1) is 21.5 Å². The van der Waals surface area contributed by atoms with Crippen LogP contribution in [0.3, 0.4) is 0 Å². The second-order valence-corrected chi connectivity index (χ2v) is 12.3. The van der Waals surface area contributed by atoms with Crippen molar-refractivity contribution in [2.24, 2.45) is 0 Å². The minimum atomic E-state index is -0.0763. The molecule has 3 aromatic carbocycles. The Balaban J connectivity index is 1.16. The van der Waals surface area contributed by atoms with Crippen LogP contribution in [-0.2, 0) is 17.1 Å². The number of thiazole rings is 1. The molecule has 0 saturated carbocycles. The predicted molar refractivity (Wildman–Crippen MR) is 164 cm³/mol. The van der Waals surface area contributed by atoms with Crippen LogP contribution in [0, 0.1) is 0 Å². The number of carbonyl (C=O) groups is 1. The molecule has 10 heteroatoms. The van der Waals surface area contributed by atoms with Crippen LogP contribution in [0.2, 0.25) is 0 Å². The Morgan fingerprint density at radius 3 is 2.38 bits per heavy atom. The van der Waals surface area contributed by atoms with Gasteiger partial charge >= 0.3 is 0 Å². The van der Waals surface area contributed by atoms with Crippen molar-refractivity contribution in [2.45, 2.75) is 48.6 Å². The molecule has 0 bridgehead atoms. The zero-order valence-electron chi connectivity index (χ0n) is 22.1. The summed E-state index contributed by atoms with van der Waals surface area (Å²) < 4.78 is 4.26. The number of para-hydroxylation sites is 2. The molecule has 1 N–H and O–H groups in total. The Labute approximate surface area is 241 Å². The molecule has 0 spiro atoms. The number of aromatic nitrogens is 4. The van der Waals surface area contributed by atoms with Crippen LogP contribution in [0.1, 0.15) is 26.6 Å². The number of carbonyl (C=O) groups excluding carboxylic acids is 1. The number of amides is 1. The maximum Gasteiger partial charge on any atom is 0.234 e. The number of nitrogens with zero attached hydrogens (tertiary/aromatic N) is 5. The largest absolute Gasteiger partial charge is 0.339 e. The number of fused-ring (bicyclic) bond motifs is 1. The average Bonchev–Trinajstić information content (AvgIpc) is 3.55. The van der Waals surface area contributed by atoms with Crippen LogP contribution in [0.5, 0.6) is 0 Å². The van der Waals surface area contributed by atoms with Crippen molar-refractivity contribution in [1.29, 1.82) is 0 Å². The third kappa shape index (κ3) is 6.63. The topological polar surface area (TPSA) is 75.9 Å². The number of benzene rings is 3. The van der Waals surface area contributed by atoms with E-state index >= 15 is 0 Å². The van der Waals surface area contributed by atoms with Gasteiger partial charge in [0.25, 0.3) is 0 Å². The zero-order valence-corrected chi connectivity index (χ0v) is 24.5. The van der Waals surface area contributed by atoms with Gasteiger partial charge in [-0.1, -0.05) is 53.9 Å². The highest BCUT2D eigenvalue weighted by Gasteiger charge is 2.16. The SMILES string of the molecule is CCn1c(CSc2nc3ccccc3s2)nnc1SCC(=O)Nc1ccc(N(c2ccccc2)C(C)C)cc1. The van der Waals surface area contributed by atoms with Crippen molar-refractivity contribution in [2.75, 3.05) is 16.0 Å². The van der Waals surface area contributed by atoms with Gasteiger partial charge in [0.1, 0.15) is 5.82 Å². The summed E-state index contributed by atoms with van der Waals surface area (Å²) in [4.78, 5) is 19.7. The van der Waals surface area contributed by atoms with Gasteiger partial charge in [0.15, 0.2) is 9.50 Å². The normalized spacial score (nSPS) is 11.3. The van der Waals surface area contributed by atoms with Crippen molar-refractivity contribution in [3.8, 4) is 0 Å². The number of hydrogen-bond donors (Lipinski definition) is 1. The standard InChI is InChI=1S/C29H30N6OS3/c1-4-34-26(18-38-29-31-24-12-8-9-13-25(24)39-29)32-33-28(34)37-19-27(36)30-21-14-16-23(17-15-21)35(20(2)3)22-10-6-5-7-11-22/h5-17,20H,4,18-19H2,1-3H3,(H,30,36). The summed E-state index contributed by atoms with van der Waals surface area (Å²) in [6.45, 7) is 7.14. The van der Waals surface area contributed by atoms with Crippen molar-refractivity contribution in [3.63, 3.8) is 0 Å². The lowest BCUT2D eigenvalue weighted by molar-refractivity contribution is -0.113. The Bertz CT molecular complexity index is 1500. The molecule has 1 amide bonds. The lowest BCUT2D eigenvalue weighted by Gasteiger charge is -2.29. The molecule has 5 aromatic rings. The van der Waals surface area contributed by atoms with Crippen LogP contribution >= 0.6 is 34.9 Å². The van der Waals surface area contributed by atoms with Gasteiger partial charge < -0.3 is 14.8 Å². The number of nitrogens with one attached hydrogen (secondary N) is 1. The number of thioether (sulfide) groups is 2. The maximum absolute atomic E-state index is 12.7. The van der Waals surface area contributed by atoms with Crippen LogP contribution in [0.25, 0.3) is 10.2 Å². The van der Waals surface area contributed by atoms with E-state index in [1.54, 1.807) is 23.1 Å². The summed E-state index contributed by atoms with van der Waals surface area (Å²) in [6.07, 6.45) is 0. The molecule has 0 atom stereocenters. The first-order chi connectivity index (χ1) is 19.0. The second kappa shape index (κ2) is 12.7. The maximum atomic E-state index is 12.7. The lowest BCUT2D eigenvalue weighted by atomic mass is 10.2. The van der Waals surface area contributed by atoms with E-state index in [-0.39, 0.29) is 11.7 Å². The summed E-state index contributed by atoms with van der Waals surface area (Å²) in [5.41, 5.74) is 4.01. The summed E-state index contributed by atoms with van der Waals surface area (Å²) in [5, 5.41) is 12.5. The van der Waals surface area contributed by atoms with Gasteiger partial charge in [-0.2, -0.15) is 0 Å². The first-order valence-corrected chi connectivity index (χ1v) is 15.6. The number of rotatable bonds is 11. The number of hydrogen-bond acceptors (Lipinski definition) is 8. The molecule has 0 radical (unpaired) electrons. The monoisotopic (exact) mass is 574 g/mol. The van der Waals surface area contributed by atoms with Crippen molar-refractivity contribution in [1.82, 2.24) is 19.7 Å². The van der Waals surface area contributed by atoms with Crippen LogP contribution < -0.4 is 10.2 Å². The zero-order chi connectivity index (χ0) is 27.2. The fourth-order valence-electron chi connectivity index (χ4n) is 4.26. The molecule has 2 heterocycles. The van der Waals surface area contributed by atoms with Crippen LogP contribution in [0.4, 0.5) is 17.1 Å². The Morgan fingerprint density at radius 1 is 0.949 bits per heavy atom.